The molecule has 8 heteroatoms. The average Bonchev–Trinajstić information content (AvgIpc) is 3.18. The number of hydrogen-bond donors (Lipinski definition) is 3. The number of ether oxygens (including phenoxy) is 1. The highest BCUT2D eigenvalue weighted by Crippen LogP contribution is 2.40. The minimum Gasteiger partial charge on any atom is -0.489 e. The second-order valence-corrected chi connectivity index (χ2v) is 7.85. The van der Waals surface area contributed by atoms with Gasteiger partial charge in [0.1, 0.15) is 30.1 Å². The van der Waals surface area contributed by atoms with Crippen LogP contribution in [0, 0.1) is 0 Å². The Kier molecular flexibility index (Phi) is 6.73. The molecule has 1 aliphatic carbocycles. The van der Waals surface area contributed by atoms with Gasteiger partial charge in [0.25, 0.3) is 0 Å². The summed E-state index contributed by atoms with van der Waals surface area (Å²) in [6.07, 6.45) is 6.38. The van der Waals surface area contributed by atoms with Crippen LogP contribution in [-0.2, 0) is 6.61 Å². The molecule has 0 aliphatic heterocycles. The molecule has 1 aliphatic rings. The van der Waals surface area contributed by atoms with Crippen molar-refractivity contribution in [2.75, 3.05) is 12.8 Å². The van der Waals surface area contributed by atoms with Gasteiger partial charge in [0, 0.05) is 24.8 Å². The van der Waals surface area contributed by atoms with Crippen molar-refractivity contribution in [3.8, 4) is 16.9 Å². The Balaban J connectivity index is 0.000000471. The van der Waals surface area contributed by atoms with Gasteiger partial charge < -0.3 is 25.5 Å². The van der Waals surface area contributed by atoms with Crippen LogP contribution in [0.4, 0.5) is 10.6 Å². The number of carboxylic acid groups (broad SMARTS) is 1. The first kappa shape index (κ1) is 22.1. The van der Waals surface area contributed by atoms with Gasteiger partial charge in [-0.15, -0.1) is 0 Å². The number of benzene rings is 2. The van der Waals surface area contributed by atoms with Gasteiger partial charge in [-0.3, -0.25) is 0 Å². The summed E-state index contributed by atoms with van der Waals surface area (Å²) < 4.78 is 8.28. The zero-order valence-corrected chi connectivity index (χ0v) is 18.4. The molecule has 0 radical (unpaired) electrons. The summed E-state index contributed by atoms with van der Waals surface area (Å²) in [6, 6.07) is 18.8. The maximum absolute atomic E-state index is 9.26. The second-order valence-electron chi connectivity index (χ2n) is 7.85. The third-order valence-electron chi connectivity index (χ3n) is 5.71. The molecule has 1 fully saturated rings. The van der Waals surface area contributed by atoms with Crippen LogP contribution >= 0.6 is 0 Å². The molecule has 1 saturated carbocycles. The SMILES string of the molecule is CNC(=O)O.Nc1ncnc2c1c(-c1cccc(OCc3ccccc3)c1)cn2C1CCC1. The van der Waals surface area contributed by atoms with Gasteiger partial charge >= 0.3 is 6.09 Å². The van der Waals surface area contributed by atoms with E-state index in [4.69, 9.17) is 15.6 Å². The molecule has 4 aromatic rings. The molecule has 0 unspecified atom stereocenters. The number of aromatic nitrogens is 3. The van der Waals surface area contributed by atoms with Crippen molar-refractivity contribution in [1.29, 1.82) is 0 Å². The maximum atomic E-state index is 9.26. The molecule has 0 spiro atoms. The number of nitrogens with two attached hydrogens (primary N) is 1. The number of hydrogen-bond acceptors (Lipinski definition) is 5. The maximum Gasteiger partial charge on any atom is 0.404 e. The molecule has 1 amide bonds. The summed E-state index contributed by atoms with van der Waals surface area (Å²) in [5, 5.41) is 10.5. The van der Waals surface area contributed by atoms with Gasteiger partial charge in [-0.1, -0.05) is 42.5 Å². The number of nitrogen functional groups attached to an aromatic ring is 1. The van der Waals surface area contributed by atoms with E-state index in [9.17, 15) is 4.79 Å². The normalized spacial score (nSPS) is 13.0. The van der Waals surface area contributed by atoms with E-state index in [1.54, 1.807) is 6.33 Å². The van der Waals surface area contributed by atoms with Crippen molar-refractivity contribution in [1.82, 2.24) is 19.9 Å². The van der Waals surface area contributed by atoms with E-state index in [1.165, 1.54) is 26.3 Å². The van der Waals surface area contributed by atoms with E-state index >= 15 is 0 Å². The molecule has 170 valence electrons. The summed E-state index contributed by atoms with van der Waals surface area (Å²) in [4.78, 5) is 18.0. The number of nitrogens with zero attached hydrogens (tertiary/aromatic N) is 3. The van der Waals surface area contributed by atoms with E-state index in [0.717, 1.165) is 33.5 Å². The topological polar surface area (TPSA) is 115 Å². The lowest BCUT2D eigenvalue weighted by Gasteiger charge is -2.27. The van der Waals surface area contributed by atoms with Crippen LogP contribution in [-0.4, -0.2) is 32.8 Å². The van der Waals surface area contributed by atoms with Crippen LogP contribution in [0.15, 0.2) is 67.1 Å². The first-order valence-electron chi connectivity index (χ1n) is 10.9. The van der Waals surface area contributed by atoms with Crippen LogP contribution in [0.1, 0.15) is 30.9 Å². The van der Waals surface area contributed by atoms with E-state index in [1.807, 2.05) is 35.6 Å². The molecule has 0 saturated heterocycles. The Labute approximate surface area is 192 Å². The van der Waals surface area contributed by atoms with E-state index in [2.05, 4.69) is 45.0 Å². The standard InChI is InChI=1S/C23H22N4O.C2H5NO2/c24-22-21-20(13-27(18-9-5-10-18)23(21)26-15-25-22)17-8-4-11-19(12-17)28-14-16-6-2-1-3-7-16;1-3-2(4)5/h1-4,6-8,11-13,15,18H,5,9-10,14H2,(H2,24,25,26);3H,1H3,(H,4,5). The van der Waals surface area contributed by atoms with Gasteiger partial charge in [-0.2, -0.15) is 0 Å². The first-order valence-corrected chi connectivity index (χ1v) is 10.9. The molecule has 2 heterocycles. The number of nitrogens with one attached hydrogen (secondary N) is 1. The van der Waals surface area contributed by atoms with E-state index in [-0.39, 0.29) is 0 Å². The number of anilines is 1. The molecule has 5 rings (SSSR count). The predicted octanol–water partition coefficient (Wildman–Crippen LogP) is 4.87. The molecule has 0 bridgehead atoms. The third kappa shape index (κ3) is 5.06. The fourth-order valence-corrected chi connectivity index (χ4v) is 3.76. The lowest BCUT2D eigenvalue weighted by molar-refractivity contribution is 0.197. The van der Waals surface area contributed by atoms with Crippen molar-refractivity contribution in [3.05, 3.63) is 72.7 Å². The Bertz CT molecular complexity index is 1240. The van der Waals surface area contributed by atoms with Gasteiger partial charge in [0.2, 0.25) is 0 Å². The quantitative estimate of drug-likeness (QED) is 0.404. The Morgan fingerprint density at radius 3 is 2.61 bits per heavy atom. The van der Waals surface area contributed by atoms with Crippen molar-refractivity contribution < 1.29 is 14.6 Å². The van der Waals surface area contributed by atoms with Crippen LogP contribution in [0.25, 0.3) is 22.2 Å². The zero-order chi connectivity index (χ0) is 23.2. The average molecular weight is 446 g/mol. The lowest BCUT2D eigenvalue weighted by atomic mass is 9.93. The molecule has 33 heavy (non-hydrogen) atoms. The molecule has 8 nitrogen and oxygen atoms in total. The Morgan fingerprint density at radius 2 is 1.94 bits per heavy atom. The molecule has 2 aromatic carbocycles. The molecule has 0 atom stereocenters. The largest absolute Gasteiger partial charge is 0.489 e. The van der Waals surface area contributed by atoms with Crippen LogP contribution in [0.5, 0.6) is 5.75 Å². The summed E-state index contributed by atoms with van der Waals surface area (Å²) in [5.41, 5.74) is 10.4. The minimum absolute atomic E-state index is 0.503. The Morgan fingerprint density at radius 1 is 1.18 bits per heavy atom. The fourth-order valence-electron chi connectivity index (χ4n) is 3.76. The summed E-state index contributed by atoms with van der Waals surface area (Å²) in [5.74, 6) is 1.36. The third-order valence-corrected chi connectivity index (χ3v) is 5.71. The van der Waals surface area contributed by atoms with Crippen LogP contribution in [0.3, 0.4) is 0 Å². The smallest absolute Gasteiger partial charge is 0.404 e. The highest BCUT2D eigenvalue weighted by atomic mass is 16.5. The van der Waals surface area contributed by atoms with Gasteiger partial charge in [-0.05, 0) is 42.5 Å². The van der Waals surface area contributed by atoms with Gasteiger partial charge in [0.05, 0.1) is 5.39 Å². The minimum atomic E-state index is -0.995. The lowest BCUT2D eigenvalue weighted by Crippen LogP contribution is -2.16. The van der Waals surface area contributed by atoms with Crippen molar-refractivity contribution in [3.63, 3.8) is 0 Å². The van der Waals surface area contributed by atoms with Gasteiger partial charge in [0.15, 0.2) is 0 Å². The van der Waals surface area contributed by atoms with Crippen LogP contribution in [0.2, 0.25) is 0 Å². The molecular formula is C25H27N5O3. The summed E-state index contributed by atoms with van der Waals surface area (Å²) >= 11 is 0. The summed E-state index contributed by atoms with van der Waals surface area (Å²) in [6.45, 7) is 0.541. The van der Waals surface area contributed by atoms with Gasteiger partial charge in [-0.25, -0.2) is 14.8 Å². The highest BCUT2D eigenvalue weighted by Gasteiger charge is 2.24. The summed E-state index contributed by atoms with van der Waals surface area (Å²) in [7, 11) is 1.35. The monoisotopic (exact) mass is 445 g/mol. The van der Waals surface area contributed by atoms with E-state index in [0.29, 0.717) is 18.5 Å². The Hall–Kier alpha value is -4.07. The van der Waals surface area contributed by atoms with Crippen molar-refractivity contribution in [2.24, 2.45) is 0 Å². The van der Waals surface area contributed by atoms with Crippen LogP contribution < -0.4 is 15.8 Å². The van der Waals surface area contributed by atoms with Crippen molar-refractivity contribution in [2.45, 2.75) is 31.9 Å². The molecule has 2 aromatic heterocycles. The first-order chi connectivity index (χ1) is 16.1. The number of carbonyl (C=O) groups is 1. The fraction of sp³-hybridized carbons (Fsp3) is 0.240. The van der Waals surface area contributed by atoms with E-state index < -0.39 is 6.09 Å². The zero-order valence-electron chi connectivity index (χ0n) is 18.4. The predicted molar refractivity (Wildman–Crippen MR) is 128 cm³/mol. The number of rotatable bonds is 5. The number of amides is 1. The van der Waals surface area contributed by atoms with Crippen molar-refractivity contribution >= 4 is 22.9 Å². The highest BCUT2D eigenvalue weighted by molar-refractivity contribution is 6.00. The molecular weight excluding hydrogens is 418 g/mol. The molecule has 4 N–H and O–H groups in total. The second kappa shape index (κ2) is 10.0. The number of fused-ring (bicyclic) bond motifs is 1.